The topological polar surface area (TPSA) is 51.8 Å². The van der Waals surface area contributed by atoms with Crippen molar-refractivity contribution in [3.8, 4) is 45.3 Å². The molecule has 11 rings (SSSR count). The van der Waals surface area contributed by atoms with E-state index in [1.807, 2.05) is 0 Å². The Morgan fingerprint density at radius 3 is 1.55 bits per heavy atom. The normalized spacial score (nSPS) is 11.8. The summed E-state index contributed by atoms with van der Waals surface area (Å²) >= 11 is 0. The summed E-state index contributed by atoms with van der Waals surface area (Å²) in [5.41, 5.74) is 6.79. The monoisotopic (exact) mass is 675 g/mol. The van der Waals surface area contributed by atoms with E-state index in [1.165, 1.54) is 27.1 Å². The van der Waals surface area contributed by atoms with Crippen molar-refractivity contribution in [3.05, 3.63) is 176 Å². The van der Waals surface area contributed by atoms with Crippen molar-refractivity contribution < 1.29 is 4.42 Å². The maximum Gasteiger partial charge on any atom is 0.164 e. The molecule has 0 N–H and O–H groups in total. The third kappa shape index (κ3) is 4.80. The lowest BCUT2D eigenvalue weighted by Crippen LogP contribution is -2.01. The molecule has 0 atom stereocenters. The molecule has 0 saturated carbocycles. The molecule has 246 valence electrons. The highest BCUT2D eigenvalue weighted by Crippen LogP contribution is 2.44. The van der Waals surface area contributed by atoms with E-state index >= 15 is 0 Å². The van der Waals surface area contributed by atoms with Crippen molar-refractivity contribution in [1.82, 2.24) is 15.0 Å². The van der Waals surface area contributed by atoms with Crippen LogP contribution in [0.25, 0.3) is 110 Å². The number of fused-ring (bicyclic) bond motifs is 8. The minimum Gasteiger partial charge on any atom is -0.455 e. The van der Waals surface area contributed by atoms with E-state index in [0.717, 1.165) is 65.7 Å². The molecule has 2 heterocycles. The summed E-state index contributed by atoms with van der Waals surface area (Å²) in [5.74, 6) is 1.87. The summed E-state index contributed by atoms with van der Waals surface area (Å²) < 4.78 is 6.75. The van der Waals surface area contributed by atoms with Crippen LogP contribution in [-0.4, -0.2) is 15.0 Å². The Balaban J connectivity index is 1.21. The van der Waals surface area contributed by atoms with Crippen LogP contribution in [0.2, 0.25) is 0 Å². The number of furan rings is 1. The van der Waals surface area contributed by atoms with Crippen molar-refractivity contribution >= 4 is 65.0 Å². The molecule has 0 radical (unpaired) electrons. The van der Waals surface area contributed by atoms with Gasteiger partial charge in [0.1, 0.15) is 11.2 Å². The molecule has 2 aromatic heterocycles. The molecule has 0 aliphatic rings. The average Bonchev–Trinajstić information content (AvgIpc) is 3.62. The van der Waals surface area contributed by atoms with E-state index in [2.05, 4.69) is 176 Å². The summed E-state index contributed by atoms with van der Waals surface area (Å²) in [4.78, 5) is 15.7. The van der Waals surface area contributed by atoms with Crippen LogP contribution in [0.5, 0.6) is 0 Å². The molecule has 0 saturated heterocycles. The van der Waals surface area contributed by atoms with Gasteiger partial charge in [0.15, 0.2) is 17.5 Å². The highest BCUT2D eigenvalue weighted by atomic mass is 16.3. The Hall–Kier alpha value is -7.17. The van der Waals surface area contributed by atoms with Gasteiger partial charge in [-0.3, -0.25) is 0 Å². The highest BCUT2D eigenvalue weighted by Gasteiger charge is 2.21. The maximum absolute atomic E-state index is 6.75. The van der Waals surface area contributed by atoms with Gasteiger partial charge in [0.2, 0.25) is 0 Å². The zero-order chi connectivity index (χ0) is 34.9. The molecule has 53 heavy (non-hydrogen) atoms. The smallest absolute Gasteiger partial charge is 0.164 e. The first-order chi connectivity index (χ1) is 26.2. The van der Waals surface area contributed by atoms with Crippen LogP contribution in [0.4, 0.5) is 0 Å². The van der Waals surface area contributed by atoms with Crippen LogP contribution in [-0.2, 0) is 0 Å². The Morgan fingerprint density at radius 1 is 0.321 bits per heavy atom. The van der Waals surface area contributed by atoms with Gasteiger partial charge in [-0.1, -0.05) is 152 Å². The van der Waals surface area contributed by atoms with Gasteiger partial charge in [-0.25, -0.2) is 15.0 Å². The summed E-state index contributed by atoms with van der Waals surface area (Å²) in [6.45, 7) is 0. The summed E-state index contributed by atoms with van der Waals surface area (Å²) in [6.07, 6.45) is 0. The van der Waals surface area contributed by atoms with Crippen LogP contribution in [0.3, 0.4) is 0 Å². The first-order valence-electron chi connectivity index (χ1n) is 17.9. The fourth-order valence-corrected chi connectivity index (χ4v) is 7.93. The van der Waals surface area contributed by atoms with Gasteiger partial charge in [0, 0.05) is 32.8 Å². The second-order valence-electron chi connectivity index (χ2n) is 13.6. The molecule has 4 nitrogen and oxygen atoms in total. The van der Waals surface area contributed by atoms with E-state index in [1.54, 1.807) is 0 Å². The van der Waals surface area contributed by atoms with E-state index < -0.39 is 0 Å². The molecule has 0 fully saturated rings. The second kappa shape index (κ2) is 11.7. The lowest BCUT2D eigenvalue weighted by Gasteiger charge is -2.12. The standard InChI is InChI=1S/C49H29N3O/c1-3-14-33-27-35(25-23-30(33)11-1)47-50-48(36-26-24-31-12-2-4-15-34(31)28-36)52-49(51-47)42-29-43-45-40(38-20-9-16-32-13-5-6-17-37(32)38)21-10-22-44(45)53-46(43)41-19-8-7-18-39(41)42/h1-29H. The lowest BCUT2D eigenvalue weighted by molar-refractivity contribution is 0.673. The minimum atomic E-state index is 0.612. The van der Waals surface area contributed by atoms with Gasteiger partial charge < -0.3 is 4.42 Å². The van der Waals surface area contributed by atoms with Crippen LogP contribution >= 0.6 is 0 Å². The molecule has 4 heteroatoms. The largest absolute Gasteiger partial charge is 0.455 e. The van der Waals surface area contributed by atoms with E-state index in [4.69, 9.17) is 19.4 Å². The fraction of sp³-hybridized carbons (Fsp3) is 0. The lowest BCUT2D eigenvalue weighted by atomic mass is 9.93. The fourth-order valence-electron chi connectivity index (χ4n) is 7.93. The Morgan fingerprint density at radius 2 is 0.849 bits per heavy atom. The molecule has 0 amide bonds. The first kappa shape index (κ1) is 29.5. The first-order valence-corrected chi connectivity index (χ1v) is 17.9. The van der Waals surface area contributed by atoms with Crippen molar-refractivity contribution in [2.75, 3.05) is 0 Å². The van der Waals surface area contributed by atoms with Gasteiger partial charge in [0.25, 0.3) is 0 Å². The molecular formula is C49H29N3O. The van der Waals surface area contributed by atoms with Crippen molar-refractivity contribution in [1.29, 1.82) is 0 Å². The molecule has 0 bridgehead atoms. The SMILES string of the molecule is c1ccc2cc(-c3nc(-c4ccc5ccccc5c4)nc(-c4cc5c(oc6cccc(-c7cccc8ccccc78)c65)c5ccccc45)n3)ccc2c1. The van der Waals surface area contributed by atoms with E-state index in [-0.39, 0.29) is 0 Å². The Bertz CT molecular complexity index is 3150. The summed E-state index contributed by atoms with van der Waals surface area (Å²) in [5, 5.41) is 11.2. The quantitative estimate of drug-likeness (QED) is 0.186. The highest BCUT2D eigenvalue weighted by molar-refractivity contribution is 6.23. The summed E-state index contributed by atoms with van der Waals surface area (Å²) in [7, 11) is 0. The van der Waals surface area contributed by atoms with E-state index in [0.29, 0.717) is 17.5 Å². The third-order valence-corrected chi connectivity index (χ3v) is 10.5. The van der Waals surface area contributed by atoms with Gasteiger partial charge in [-0.2, -0.15) is 0 Å². The number of aromatic nitrogens is 3. The third-order valence-electron chi connectivity index (χ3n) is 10.5. The number of hydrogen-bond donors (Lipinski definition) is 0. The number of rotatable bonds is 4. The molecule has 11 aromatic rings. The van der Waals surface area contributed by atoms with Crippen molar-refractivity contribution in [2.24, 2.45) is 0 Å². The zero-order valence-corrected chi connectivity index (χ0v) is 28.5. The molecule has 9 aromatic carbocycles. The van der Waals surface area contributed by atoms with Gasteiger partial charge in [-0.15, -0.1) is 0 Å². The molecular weight excluding hydrogens is 647 g/mol. The zero-order valence-electron chi connectivity index (χ0n) is 28.5. The van der Waals surface area contributed by atoms with E-state index in [9.17, 15) is 0 Å². The number of hydrogen-bond acceptors (Lipinski definition) is 4. The maximum atomic E-state index is 6.75. The number of nitrogens with zero attached hydrogens (tertiary/aromatic N) is 3. The van der Waals surface area contributed by atoms with Crippen molar-refractivity contribution in [2.45, 2.75) is 0 Å². The van der Waals surface area contributed by atoms with Crippen molar-refractivity contribution in [3.63, 3.8) is 0 Å². The molecule has 0 unspecified atom stereocenters. The van der Waals surface area contributed by atoms with Crippen LogP contribution in [0.15, 0.2) is 180 Å². The van der Waals surface area contributed by atoms with Gasteiger partial charge >= 0.3 is 0 Å². The van der Waals surface area contributed by atoms with Crippen LogP contribution in [0.1, 0.15) is 0 Å². The molecule has 0 aliphatic carbocycles. The Labute approximate surface area is 304 Å². The van der Waals surface area contributed by atoms with Gasteiger partial charge in [0.05, 0.1) is 0 Å². The Kier molecular flexibility index (Phi) is 6.52. The predicted molar refractivity (Wildman–Crippen MR) is 219 cm³/mol. The second-order valence-corrected chi connectivity index (χ2v) is 13.6. The minimum absolute atomic E-state index is 0.612. The molecule has 0 aliphatic heterocycles. The summed E-state index contributed by atoms with van der Waals surface area (Å²) in [6, 6.07) is 61.6. The number of benzene rings is 9. The average molecular weight is 676 g/mol. The van der Waals surface area contributed by atoms with Crippen LogP contribution in [0, 0.1) is 0 Å². The molecule has 0 spiro atoms. The van der Waals surface area contributed by atoms with Crippen LogP contribution < -0.4 is 0 Å². The van der Waals surface area contributed by atoms with Gasteiger partial charge in [-0.05, 0) is 73.1 Å². The predicted octanol–water partition coefficient (Wildman–Crippen LogP) is 13.1.